The first kappa shape index (κ1) is 30.9. The largest absolute Gasteiger partial charge is 0.372 e. The second-order valence-electron chi connectivity index (χ2n) is 14.2. The van der Waals surface area contributed by atoms with Crippen LogP contribution in [0.4, 0.5) is 5.69 Å². The molecule has 7 aromatic rings. The summed E-state index contributed by atoms with van der Waals surface area (Å²) in [6, 6.07) is 52.8. The molecule has 3 atom stereocenters. The zero-order valence-electron chi connectivity index (χ0n) is 28.8. The van der Waals surface area contributed by atoms with Crippen LogP contribution in [0.2, 0.25) is 0 Å². The maximum atomic E-state index is 5.29. The lowest BCUT2D eigenvalue weighted by Crippen LogP contribution is -2.22. The zero-order chi connectivity index (χ0) is 34.6. The molecule has 3 aliphatic rings. The zero-order valence-corrected chi connectivity index (χ0v) is 29.6. The molecule has 6 aromatic carbocycles. The highest BCUT2D eigenvalue weighted by Gasteiger charge is 2.42. The van der Waals surface area contributed by atoms with E-state index in [4.69, 9.17) is 4.98 Å². The summed E-state index contributed by atoms with van der Waals surface area (Å²) in [5.74, 6) is 0.411. The predicted molar refractivity (Wildman–Crippen MR) is 221 cm³/mol. The number of anilines is 1. The van der Waals surface area contributed by atoms with E-state index in [1.807, 2.05) is 11.8 Å². The number of fused-ring (bicyclic) bond motifs is 6. The fourth-order valence-electron chi connectivity index (χ4n) is 8.08. The molecule has 3 heterocycles. The number of nitrogens with zero attached hydrogens (tertiary/aromatic N) is 1. The normalized spacial score (nSPS) is 19.6. The molecule has 3 unspecified atom stereocenters. The van der Waals surface area contributed by atoms with Crippen LogP contribution in [0.15, 0.2) is 181 Å². The van der Waals surface area contributed by atoms with Gasteiger partial charge in [0.05, 0.1) is 22.9 Å². The fourth-order valence-corrected chi connectivity index (χ4v) is 9.61. The Labute approximate surface area is 309 Å². The molecule has 1 N–H and O–H groups in total. The Morgan fingerprint density at radius 2 is 1.35 bits per heavy atom. The summed E-state index contributed by atoms with van der Waals surface area (Å²) in [4.78, 5) is 6.69. The van der Waals surface area contributed by atoms with Gasteiger partial charge in [-0.1, -0.05) is 164 Å². The van der Waals surface area contributed by atoms with Crippen molar-refractivity contribution < 1.29 is 0 Å². The fraction of sp³-hybridized carbons (Fsp3) is 0.0816. The number of allylic oxidation sites excluding steroid dienone is 3. The lowest BCUT2D eigenvalue weighted by molar-refractivity contribution is 0.702. The van der Waals surface area contributed by atoms with Crippen molar-refractivity contribution in [1.29, 1.82) is 0 Å². The van der Waals surface area contributed by atoms with Crippen LogP contribution in [-0.2, 0) is 0 Å². The molecule has 52 heavy (non-hydrogen) atoms. The van der Waals surface area contributed by atoms with E-state index < -0.39 is 0 Å². The van der Waals surface area contributed by atoms with Crippen molar-refractivity contribution in [2.24, 2.45) is 0 Å². The van der Waals surface area contributed by atoms with E-state index in [0.717, 1.165) is 33.4 Å². The van der Waals surface area contributed by atoms with Gasteiger partial charge in [0.15, 0.2) is 0 Å². The van der Waals surface area contributed by atoms with Crippen molar-refractivity contribution >= 4 is 34.4 Å². The van der Waals surface area contributed by atoms with Crippen molar-refractivity contribution in [3.63, 3.8) is 0 Å². The first-order chi connectivity index (χ1) is 25.6. The molecule has 0 amide bonds. The van der Waals surface area contributed by atoms with Crippen molar-refractivity contribution in [2.75, 3.05) is 5.32 Å². The Balaban J connectivity index is 0.944. The first-order valence-corrected chi connectivity index (χ1v) is 18.8. The smallest absolute Gasteiger partial charge is 0.0947 e. The highest BCUT2D eigenvalue weighted by Crippen LogP contribution is 2.58. The topological polar surface area (TPSA) is 24.9 Å². The van der Waals surface area contributed by atoms with Crippen LogP contribution in [0.5, 0.6) is 0 Å². The molecule has 1 aliphatic carbocycles. The van der Waals surface area contributed by atoms with Gasteiger partial charge in [0.1, 0.15) is 0 Å². The average molecular weight is 685 g/mol. The maximum Gasteiger partial charge on any atom is 0.0947 e. The number of pyridine rings is 1. The minimum Gasteiger partial charge on any atom is -0.372 e. The number of aromatic nitrogens is 1. The monoisotopic (exact) mass is 684 g/mol. The van der Waals surface area contributed by atoms with E-state index in [1.165, 1.54) is 49.4 Å². The Bertz CT molecular complexity index is 2600. The molecular formula is C49H36N2S. The third-order valence-corrected chi connectivity index (χ3v) is 12.4. The van der Waals surface area contributed by atoms with E-state index in [0.29, 0.717) is 5.92 Å². The highest BCUT2D eigenvalue weighted by atomic mass is 32.2. The standard InChI is InChI=1S/C49H36N2S/c1-49-29-6-5-18-43(49)42-17-9-16-41(48(42)52-49)33-19-21-34(22-20-33)44-27-25-35-23-24-36-26-28-45(51-47(36)46(35)50-44)40-15-8-14-39(31-40)38-13-7-12-37(30-38)32-10-3-2-4-11-32/h2-31,43,45,51H,1H3. The molecule has 2 nitrogen and oxygen atoms in total. The van der Waals surface area contributed by atoms with E-state index in [2.05, 4.69) is 194 Å². The second-order valence-corrected chi connectivity index (χ2v) is 15.7. The van der Waals surface area contributed by atoms with Gasteiger partial charge in [0.2, 0.25) is 0 Å². The van der Waals surface area contributed by atoms with Gasteiger partial charge in [-0.3, -0.25) is 0 Å². The third kappa shape index (κ3) is 5.32. The first-order valence-electron chi connectivity index (χ1n) is 18.0. The SMILES string of the molecule is CC12C=CC=CC1c1cccc(-c3ccc(-c4ccc5ccc6c(c5n4)NC(c4cccc(-c5cccc(-c7ccccc7)c5)c4)C=C6)cc3)c1S2. The van der Waals surface area contributed by atoms with Gasteiger partial charge < -0.3 is 5.32 Å². The number of nitrogens with one attached hydrogen (secondary N) is 1. The summed E-state index contributed by atoms with van der Waals surface area (Å²) in [7, 11) is 0. The van der Waals surface area contributed by atoms with Crippen molar-refractivity contribution in [3.8, 4) is 44.6 Å². The number of benzene rings is 6. The van der Waals surface area contributed by atoms with Crippen LogP contribution in [0.25, 0.3) is 61.6 Å². The number of rotatable bonds is 5. The van der Waals surface area contributed by atoms with Crippen LogP contribution >= 0.6 is 11.8 Å². The summed E-state index contributed by atoms with van der Waals surface area (Å²) in [6.45, 7) is 2.36. The van der Waals surface area contributed by atoms with Crippen LogP contribution < -0.4 is 5.32 Å². The van der Waals surface area contributed by atoms with Gasteiger partial charge >= 0.3 is 0 Å². The summed E-state index contributed by atoms with van der Waals surface area (Å²) in [5, 5.41) is 5.00. The maximum absolute atomic E-state index is 5.29. The average Bonchev–Trinajstić information content (AvgIpc) is 3.53. The predicted octanol–water partition coefficient (Wildman–Crippen LogP) is 13.2. The van der Waals surface area contributed by atoms with Gasteiger partial charge in [-0.2, -0.15) is 0 Å². The molecule has 248 valence electrons. The minimum atomic E-state index is 0.0302. The van der Waals surface area contributed by atoms with E-state index in [1.54, 1.807) is 0 Å². The van der Waals surface area contributed by atoms with Crippen LogP contribution in [0, 0.1) is 0 Å². The van der Waals surface area contributed by atoms with Crippen molar-refractivity contribution in [3.05, 3.63) is 193 Å². The van der Waals surface area contributed by atoms with Gasteiger partial charge in [0.25, 0.3) is 0 Å². The van der Waals surface area contributed by atoms with Crippen LogP contribution in [-0.4, -0.2) is 9.73 Å². The molecule has 0 fully saturated rings. The van der Waals surface area contributed by atoms with E-state index in [9.17, 15) is 0 Å². The Hall–Kier alpha value is -5.90. The molecule has 10 rings (SSSR count). The van der Waals surface area contributed by atoms with Crippen molar-refractivity contribution in [1.82, 2.24) is 4.98 Å². The van der Waals surface area contributed by atoms with Crippen LogP contribution in [0.3, 0.4) is 0 Å². The Morgan fingerprint density at radius 1 is 0.615 bits per heavy atom. The Kier molecular flexibility index (Phi) is 7.37. The minimum absolute atomic E-state index is 0.0302. The van der Waals surface area contributed by atoms with E-state index >= 15 is 0 Å². The number of thioether (sulfide) groups is 1. The van der Waals surface area contributed by atoms with Crippen molar-refractivity contribution in [2.45, 2.75) is 28.5 Å². The number of hydrogen-bond acceptors (Lipinski definition) is 3. The molecule has 3 heteroatoms. The lowest BCUT2D eigenvalue weighted by Gasteiger charge is -2.27. The molecule has 2 aliphatic heterocycles. The lowest BCUT2D eigenvalue weighted by atomic mass is 9.83. The third-order valence-electron chi connectivity index (χ3n) is 10.9. The quantitative estimate of drug-likeness (QED) is 0.195. The molecular weight excluding hydrogens is 649 g/mol. The van der Waals surface area contributed by atoms with Gasteiger partial charge in [0, 0.05) is 26.5 Å². The highest BCUT2D eigenvalue weighted by molar-refractivity contribution is 8.01. The number of hydrogen-bond donors (Lipinski definition) is 1. The van der Waals surface area contributed by atoms with Gasteiger partial charge in [-0.05, 0) is 75.2 Å². The molecule has 0 saturated carbocycles. The summed E-state index contributed by atoms with van der Waals surface area (Å²) in [5.41, 5.74) is 15.4. The van der Waals surface area contributed by atoms with Crippen LogP contribution in [0.1, 0.15) is 35.6 Å². The summed E-state index contributed by atoms with van der Waals surface area (Å²) >= 11 is 1.99. The molecule has 0 spiro atoms. The molecule has 1 aromatic heterocycles. The Morgan fingerprint density at radius 3 is 2.21 bits per heavy atom. The molecule has 0 bridgehead atoms. The summed E-state index contributed by atoms with van der Waals surface area (Å²) in [6.07, 6.45) is 13.6. The van der Waals surface area contributed by atoms with Gasteiger partial charge in [-0.25, -0.2) is 4.98 Å². The molecule has 0 saturated heterocycles. The van der Waals surface area contributed by atoms with E-state index in [-0.39, 0.29) is 10.8 Å². The van der Waals surface area contributed by atoms with Gasteiger partial charge in [-0.15, -0.1) is 11.8 Å². The molecule has 0 radical (unpaired) electrons. The summed E-state index contributed by atoms with van der Waals surface area (Å²) < 4.78 is 0.0702. The second kappa shape index (κ2) is 12.4.